The van der Waals surface area contributed by atoms with E-state index >= 15 is 0 Å². The lowest BCUT2D eigenvalue weighted by molar-refractivity contribution is 0.241. The predicted octanol–water partition coefficient (Wildman–Crippen LogP) is 2.69. The van der Waals surface area contributed by atoms with Gasteiger partial charge in [-0.1, -0.05) is 44.1 Å². The maximum absolute atomic E-state index is 6.07. The summed E-state index contributed by atoms with van der Waals surface area (Å²) >= 11 is 0. The van der Waals surface area contributed by atoms with E-state index in [2.05, 4.69) is 10.1 Å². The predicted molar refractivity (Wildman–Crippen MR) is 71.5 cm³/mol. The fourth-order valence-corrected chi connectivity index (χ4v) is 1.50. The number of nitrogens with two attached hydrogens (primary N) is 1. The minimum Gasteiger partial charge on any atom is -0.484 e. The van der Waals surface area contributed by atoms with Gasteiger partial charge in [-0.25, -0.2) is 0 Å². The molecular formula is C14H19N3O2. The van der Waals surface area contributed by atoms with Crippen molar-refractivity contribution in [3.63, 3.8) is 0 Å². The van der Waals surface area contributed by atoms with E-state index in [1.807, 2.05) is 51.1 Å². The third kappa shape index (κ3) is 3.54. The van der Waals surface area contributed by atoms with Gasteiger partial charge in [0.05, 0.1) is 6.04 Å². The molecule has 1 aromatic heterocycles. The van der Waals surface area contributed by atoms with Crippen molar-refractivity contribution in [2.75, 3.05) is 0 Å². The van der Waals surface area contributed by atoms with Gasteiger partial charge in [0.15, 0.2) is 12.4 Å². The number of para-hydroxylation sites is 1. The van der Waals surface area contributed by atoms with Crippen LogP contribution in [0.25, 0.3) is 0 Å². The molecule has 19 heavy (non-hydrogen) atoms. The first-order valence-electron chi connectivity index (χ1n) is 6.23. The van der Waals surface area contributed by atoms with Crippen LogP contribution in [0.1, 0.15) is 38.5 Å². The Morgan fingerprint density at radius 3 is 2.58 bits per heavy atom. The van der Waals surface area contributed by atoms with Crippen LogP contribution in [0.4, 0.5) is 0 Å². The van der Waals surface area contributed by atoms with E-state index in [-0.39, 0.29) is 18.1 Å². The lowest BCUT2D eigenvalue weighted by Crippen LogP contribution is -2.27. The first kappa shape index (κ1) is 13.5. The van der Waals surface area contributed by atoms with E-state index in [4.69, 9.17) is 15.0 Å². The molecule has 2 aromatic rings. The Bertz CT molecular complexity index is 517. The molecule has 0 aliphatic carbocycles. The van der Waals surface area contributed by atoms with Crippen molar-refractivity contribution >= 4 is 0 Å². The SMILES string of the molecule is CC(C)(C)C(N)c1noc(COc2ccccc2)n1. The van der Waals surface area contributed by atoms with Crippen LogP contribution < -0.4 is 10.5 Å². The molecule has 1 atom stereocenters. The second-order valence-electron chi connectivity index (χ2n) is 5.49. The number of benzene rings is 1. The molecular weight excluding hydrogens is 242 g/mol. The minimum absolute atomic E-state index is 0.110. The van der Waals surface area contributed by atoms with Crippen molar-refractivity contribution in [1.29, 1.82) is 0 Å². The van der Waals surface area contributed by atoms with Gasteiger partial charge in [-0.15, -0.1) is 0 Å². The number of hydrogen-bond donors (Lipinski definition) is 1. The monoisotopic (exact) mass is 261 g/mol. The molecule has 102 valence electrons. The smallest absolute Gasteiger partial charge is 0.264 e. The number of nitrogens with zero attached hydrogens (tertiary/aromatic N) is 2. The van der Waals surface area contributed by atoms with Crippen molar-refractivity contribution in [3.05, 3.63) is 42.0 Å². The van der Waals surface area contributed by atoms with Crippen molar-refractivity contribution < 1.29 is 9.26 Å². The zero-order valence-corrected chi connectivity index (χ0v) is 11.5. The molecule has 0 amide bonds. The summed E-state index contributed by atoms with van der Waals surface area (Å²) in [6.07, 6.45) is 0. The summed E-state index contributed by atoms with van der Waals surface area (Å²) in [4.78, 5) is 4.26. The molecule has 2 rings (SSSR count). The van der Waals surface area contributed by atoms with E-state index in [0.29, 0.717) is 11.7 Å². The van der Waals surface area contributed by atoms with Crippen LogP contribution in [-0.2, 0) is 6.61 Å². The molecule has 0 fully saturated rings. The highest BCUT2D eigenvalue weighted by Gasteiger charge is 2.26. The largest absolute Gasteiger partial charge is 0.484 e. The van der Waals surface area contributed by atoms with Crippen LogP contribution >= 0.6 is 0 Å². The third-order valence-corrected chi connectivity index (χ3v) is 2.80. The van der Waals surface area contributed by atoms with Crippen molar-refractivity contribution in [1.82, 2.24) is 10.1 Å². The Labute approximate surface area is 112 Å². The van der Waals surface area contributed by atoms with Gasteiger partial charge in [0.2, 0.25) is 0 Å². The molecule has 5 nitrogen and oxygen atoms in total. The quantitative estimate of drug-likeness (QED) is 0.915. The molecule has 1 heterocycles. The Morgan fingerprint density at radius 2 is 1.95 bits per heavy atom. The average Bonchev–Trinajstić information content (AvgIpc) is 2.84. The lowest BCUT2D eigenvalue weighted by atomic mass is 9.87. The van der Waals surface area contributed by atoms with Gasteiger partial charge < -0.3 is 15.0 Å². The summed E-state index contributed by atoms with van der Waals surface area (Å²) in [6, 6.07) is 9.23. The number of aromatic nitrogens is 2. The van der Waals surface area contributed by atoms with Gasteiger partial charge in [-0.05, 0) is 17.5 Å². The van der Waals surface area contributed by atoms with Gasteiger partial charge in [-0.2, -0.15) is 4.98 Å². The summed E-state index contributed by atoms with van der Waals surface area (Å²) < 4.78 is 10.7. The summed E-state index contributed by atoms with van der Waals surface area (Å²) in [7, 11) is 0. The molecule has 2 N–H and O–H groups in total. The van der Waals surface area contributed by atoms with Gasteiger partial charge in [0, 0.05) is 0 Å². The number of rotatable bonds is 4. The van der Waals surface area contributed by atoms with Crippen LogP contribution in [-0.4, -0.2) is 10.1 Å². The van der Waals surface area contributed by atoms with Gasteiger partial charge in [0.1, 0.15) is 5.75 Å². The normalized spacial score (nSPS) is 13.3. The highest BCUT2D eigenvalue weighted by Crippen LogP contribution is 2.28. The van der Waals surface area contributed by atoms with Crippen molar-refractivity contribution in [2.45, 2.75) is 33.4 Å². The molecule has 1 unspecified atom stereocenters. The molecule has 1 aromatic carbocycles. The molecule has 0 radical (unpaired) electrons. The van der Waals surface area contributed by atoms with Crippen LogP contribution in [0, 0.1) is 5.41 Å². The maximum Gasteiger partial charge on any atom is 0.264 e. The maximum atomic E-state index is 6.07. The first-order chi connectivity index (χ1) is 8.97. The molecule has 0 bridgehead atoms. The molecule has 0 saturated carbocycles. The van der Waals surface area contributed by atoms with E-state index in [1.165, 1.54) is 0 Å². The average molecular weight is 261 g/mol. The highest BCUT2D eigenvalue weighted by atomic mass is 16.5. The first-order valence-corrected chi connectivity index (χ1v) is 6.23. The highest BCUT2D eigenvalue weighted by molar-refractivity contribution is 5.20. The van der Waals surface area contributed by atoms with Crippen LogP contribution in [0.5, 0.6) is 5.75 Å². The number of hydrogen-bond acceptors (Lipinski definition) is 5. The summed E-state index contributed by atoms with van der Waals surface area (Å²) in [5.41, 5.74) is 5.96. The Hall–Kier alpha value is -1.88. The molecule has 0 saturated heterocycles. The summed E-state index contributed by atoms with van der Waals surface area (Å²) in [6.45, 7) is 6.35. The zero-order valence-electron chi connectivity index (χ0n) is 11.5. The zero-order chi connectivity index (χ0) is 13.9. The molecule has 0 spiro atoms. The Morgan fingerprint density at radius 1 is 1.26 bits per heavy atom. The molecule has 0 aliphatic heterocycles. The summed E-state index contributed by atoms with van der Waals surface area (Å²) in [5, 5.41) is 3.90. The van der Waals surface area contributed by atoms with Gasteiger partial charge >= 0.3 is 0 Å². The van der Waals surface area contributed by atoms with E-state index in [1.54, 1.807) is 0 Å². The van der Waals surface area contributed by atoms with Gasteiger partial charge in [0.25, 0.3) is 5.89 Å². The van der Waals surface area contributed by atoms with Crippen LogP contribution in [0.3, 0.4) is 0 Å². The van der Waals surface area contributed by atoms with Crippen LogP contribution in [0.15, 0.2) is 34.9 Å². The second kappa shape index (κ2) is 5.40. The van der Waals surface area contributed by atoms with Gasteiger partial charge in [-0.3, -0.25) is 0 Å². The molecule has 5 heteroatoms. The van der Waals surface area contributed by atoms with E-state index in [9.17, 15) is 0 Å². The fourth-order valence-electron chi connectivity index (χ4n) is 1.50. The lowest BCUT2D eigenvalue weighted by Gasteiger charge is -2.23. The second-order valence-corrected chi connectivity index (χ2v) is 5.49. The standard InChI is InChI=1S/C14H19N3O2/c1-14(2,3)12(15)13-16-11(19-17-13)9-18-10-7-5-4-6-8-10/h4-8,12H,9,15H2,1-3H3. The fraction of sp³-hybridized carbons (Fsp3) is 0.429. The Balaban J connectivity index is 1.98. The summed E-state index contributed by atoms with van der Waals surface area (Å²) in [5.74, 6) is 1.71. The van der Waals surface area contributed by atoms with E-state index in [0.717, 1.165) is 5.75 Å². The Kier molecular flexibility index (Phi) is 3.85. The third-order valence-electron chi connectivity index (χ3n) is 2.80. The topological polar surface area (TPSA) is 74.2 Å². The minimum atomic E-state index is -0.262. The van der Waals surface area contributed by atoms with E-state index < -0.39 is 0 Å². The van der Waals surface area contributed by atoms with Crippen molar-refractivity contribution in [3.8, 4) is 5.75 Å². The number of ether oxygens (including phenoxy) is 1. The van der Waals surface area contributed by atoms with Crippen LogP contribution in [0.2, 0.25) is 0 Å². The van der Waals surface area contributed by atoms with Crippen molar-refractivity contribution in [2.24, 2.45) is 11.1 Å². The molecule has 0 aliphatic rings.